The summed E-state index contributed by atoms with van der Waals surface area (Å²) in [5, 5.41) is 2.03. The van der Waals surface area contributed by atoms with E-state index in [9.17, 15) is 18.4 Å². The molecule has 1 unspecified atom stereocenters. The van der Waals surface area contributed by atoms with Crippen molar-refractivity contribution in [2.45, 2.75) is 26.4 Å². The normalized spacial score (nSPS) is 12.1. The van der Waals surface area contributed by atoms with Crippen molar-refractivity contribution in [2.75, 3.05) is 6.54 Å². The summed E-state index contributed by atoms with van der Waals surface area (Å²) in [5.41, 5.74) is 1.41. The van der Waals surface area contributed by atoms with E-state index in [1.165, 1.54) is 0 Å². The summed E-state index contributed by atoms with van der Waals surface area (Å²) in [7, 11) is 0. The van der Waals surface area contributed by atoms with Gasteiger partial charge in [0, 0.05) is 12.5 Å². The first-order valence-electron chi connectivity index (χ1n) is 5.70. The molecule has 1 atom stereocenters. The molecular formula is C13H15F2NO3. The Balaban J connectivity index is 2.84. The van der Waals surface area contributed by atoms with Crippen LogP contribution in [0.2, 0.25) is 0 Å². The van der Waals surface area contributed by atoms with Gasteiger partial charge in [0.1, 0.15) is 0 Å². The molecule has 104 valence electrons. The van der Waals surface area contributed by atoms with Gasteiger partial charge in [0.15, 0.2) is 0 Å². The van der Waals surface area contributed by atoms with Gasteiger partial charge in [-0.05, 0) is 6.92 Å². The van der Waals surface area contributed by atoms with E-state index in [1.807, 2.05) is 12.2 Å². The Bertz CT molecular complexity index is 446. The Labute approximate surface area is 109 Å². The lowest BCUT2D eigenvalue weighted by Gasteiger charge is -2.17. The van der Waals surface area contributed by atoms with Gasteiger partial charge >= 0.3 is 5.97 Å². The van der Waals surface area contributed by atoms with Crippen LogP contribution in [0.5, 0.6) is 0 Å². The predicted molar refractivity (Wildman–Crippen MR) is 64.7 cm³/mol. The molecule has 19 heavy (non-hydrogen) atoms. The number of ether oxygens (including phenoxy) is 1. The maximum absolute atomic E-state index is 12.1. The van der Waals surface area contributed by atoms with Crippen LogP contribution in [-0.4, -0.2) is 24.8 Å². The van der Waals surface area contributed by atoms with Crippen molar-refractivity contribution in [3.8, 4) is 0 Å². The second kappa shape index (κ2) is 6.82. The molecular weight excluding hydrogens is 256 g/mol. The number of hydrogen-bond donors (Lipinski definition) is 1. The fraction of sp³-hybridized carbons (Fsp3) is 0.385. The number of carbonyl (C=O) groups is 2. The summed E-state index contributed by atoms with van der Waals surface area (Å²) in [6.45, 7) is 2.24. The van der Waals surface area contributed by atoms with Crippen molar-refractivity contribution in [3.05, 3.63) is 35.4 Å². The maximum Gasteiger partial charge on any atom is 0.303 e. The van der Waals surface area contributed by atoms with E-state index in [-0.39, 0.29) is 0 Å². The number of aryl methyl sites for hydroxylation is 1. The smallest absolute Gasteiger partial charge is 0.303 e. The van der Waals surface area contributed by atoms with E-state index in [4.69, 9.17) is 4.74 Å². The van der Waals surface area contributed by atoms with Gasteiger partial charge in [-0.15, -0.1) is 0 Å². The van der Waals surface area contributed by atoms with Crippen LogP contribution in [0.15, 0.2) is 24.3 Å². The van der Waals surface area contributed by atoms with E-state index in [0.29, 0.717) is 5.56 Å². The Morgan fingerprint density at radius 3 is 2.32 bits per heavy atom. The van der Waals surface area contributed by atoms with E-state index in [2.05, 4.69) is 0 Å². The third-order valence-electron chi connectivity index (χ3n) is 2.33. The molecule has 0 heterocycles. The second-order valence-electron chi connectivity index (χ2n) is 4.04. The number of halogens is 2. The lowest BCUT2D eigenvalue weighted by molar-refractivity contribution is -0.154. The van der Waals surface area contributed by atoms with Gasteiger partial charge in [0.2, 0.25) is 6.10 Å². The molecule has 0 aliphatic carbocycles. The molecule has 1 N–H and O–H groups in total. The van der Waals surface area contributed by atoms with Crippen LogP contribution in [0.3, 0.4) is 0 Å². The third-order valence-corrected chi connectivity index (χ3v) is 2.33. The average molecular weight is 271 g/mol. The van der Waals surface area contributed by atoms with Gasteiger partial charge < -0.3 is 10.1 Å². The van der Waals surface area contributed by atoms with Crippen molar-refractivity contribution >= 4 is 11.9 Å². The van der Waals surface area contributed by atoms with Crippen molar-refractivity contribution in [3.63, 3.8) is 0 Å². The summed E-state index contributed by atoms with van der Waals surface area (Å²) in [6, 6.07) is 6.72. The molecule has 0 aliphatic heterocycles. The average Bonchev–Trinajstić information content (AvgIpc) is 2.34. The first-order valence-corrected chi connectivity index (χ1v) is 5.70. The van der Waals surface area contributed by atoms with Gasteiger partial charge in [0.25, 0.3) is 12.3 Å². The first kappa shape index (κ1) is 15.1. The number of esters is 1. The highest BCUT2D eigenvalue weighted by Crippen LogP contribution is 2.18. The standard InChI is InChI=1S/C13H15F2NO3/c1-8-3-5-10(6-4-8)12(19-9(2)17)13(18)16-7-11(14)15/h3-6,11-12H,7H2,1-2H3,(H,16,18). The fourth-order valence-electron chi connectivity index (χ4n) is 1.45. The predicted octanol–water partition coefficient (Wildman–Crippen LogP) is 1.98. The SMILES string of the molecule is CC(=O)OC(C(=O)NCC(F)F)c1ccc(C)cc1. The zero-order valence-electron chi connectivity index (χ0n) is 10.7. The quantitative estimate of drug-likeness (QED) is 0.833. The topological polar surface area (TPSA) is 55.4 Å². The number of benzene rings is 1. The van der Waals surface area contributed by atoms with Crippen molar-refractivity contribution in [1.29, 1.82) is 0 Å². The Morgan fingerprint density at radius 2 is 1.84 bits per heavy atom. The second-order valence-corrected chi connectivity index (χ2v) is 4.04. The minimum absolute atomic E-state index is 0.438. The lowest BCUT2D eigenvalue weighted by atomic mass is 10.1. The number of alkyl halides is 2. The molecule has 1 amide bonds. The molecule has 0 bridgehead atoms. The molecule has 0 aliphatic rings. The highest BCUT2D eigenvalue weighted by molar-refractivity contribution is 5.84. The number of hydrogen-bond acceptors (Lipinski definition) is 3. The van der Waals surface area contributed by atoms with Crippen LogP contribution < -0.4 is 5.32 Å². The fourth-order valence-corrected chi connectivity index (χ4v) is 1.45. The van der Waals surface area contributed by atoms with Crippen LogP contribution in [0.1, 0.15) is 24.2 Å². The molecule has 4 nitrogen and oxygen atoms in total. The number of carbonyl (C=O) groups excluding carboxylic acids is 2. The molecule has 0 saturated carbocycles. The first-order chi connectivity index (χ1) is 8.90. The van der Waals surface area contributed by atoms with Crippen molar-refractivity contribution in [2.24, 2.45) is 0 Å². The van der Waals surface area contributed by atoms with Gasteiger partial charge in [-0.3, -0.25) is 9.59 Å². The molecule has 0 spiro atoms. The Hall–Kier alpha value is -1.98. The van der Waals surface area contributed by atoms with E-state index < -0.39 is 31.0 Å². The highest BCUT2D eigenvalue weighted by atomic mass is 19.3. The van der Waals surface area contributed by atoms with Gasteiger partial charge in [-0.25, -0.2) is 8.78 Å². The van der Waals surface area contributed by atoms with Crippen molar-refractivity contribution in [1.82, 2.24) is 5.32 Å². The highest BCUT2D eigenvalue weighted by Gasteiger charge is 2.24. The van der Waals surface area contributed by atoms with Crippen LogP contribution in [0.4, 0.5) is 8.78 Å². The summed E-state index contributed by atoms with van der Waals surface area (Å²) in [5.74, 6) is -1.42. The monoisotopic (exact) mass is 271 g/mol. The summed E-state index contributed by atoms with van der Waals surface area (Å²) in [6.07, 6.45) is -3.86. The molecule has 1 rings (SSSR count). The van der Waals surface area contributed by atoms with E-state index in [1.54, 1.807) is 24.3 Å². The van der Waals surface area contributed by atoms with Gasteiger partial charge in [0.05, 0.1) is 6.54 Å². The maximum atomic E-state index is 12.1. The van der Waals surface area contributed by atoms with Crippen molar-refractivity contribution < 1.29 is 23.1 Å². The van der Waals surface area contributed by atoms with E-state index in [0.717, 1.165) is 12.5 Å². The van der Waals surface area contributed by atoms with Crippen LogP contribution >= 0.6 is 0 Å². The zero-order chi connectivity index (χ0) is 14.4. The van der Waals surface area contributed by atoms with E-state index >= 15 is 0 Å². The minimum Gasteiger partial charge on any atom is -0.447 e. The lowest BCUT2D eigenvalue weighted by Crippen LogP contribution is -2.34. The van der Waals surface area contributed by atoms with Crippen LogP contribution in [-0.2, 0) is 14.3 Å². The summed E-state index contributed by atoms with van der Waals surface area (Å²) >= 11 is 0. The molecule has 0 saturated heterocycles. The Morgan fingerprint density at radius 1 is 1.26 bits per heavy atom. The third kappa shape index (κ3) is 5.03. The van der Waals surface area contributed by atoms with Gasteiger partial charge in [-0.2, -0.15) is 0 Å². The molecule has 0 radical (unpaired) electrons. The largest absolute Gasteiger partial charge is 0.447 e. The van der Waals surface area contributed by atoms with Gasteiger partial charge in [-0.1, -0.05) is 29.8 Å². The van der Waals surface area contributed by atoms with Crippen LogP contribution in [0.25, 0.3) is 0 Å². The number of amides is 1. The molecule has 0 aromatic heterocycles. The molecule has 0 fully saturated rings. The zero-order valence-corrected chi connectivity index (χ0v) is 10.7. The minimum atomic E-state index is -2.65. The molecule has 6 heteroatoms. The number of rotatable bonds is 5. The molecule has 1 aromatic rings. The van der Waals surface area contributed by atoms with Crippen LogP contribution in [0, 0.1) is 6.92 Å². The number of nitrogens with one attached hydrogen (secondary N) is 1. The summed E-state index contributed by atoms with van der Waals surface area (Å²) in [4.78, 5) is 22.7. The molecule has 1 aromatic carbocycles. The summed E-state index contributed by atoms with van der Waals surface area (Å²) < 4.78 is 29.0. The Kier molecular flexibility index (Phi) is 5.41.